The van der Waals surface area contributed by atoms with E-state index in [9.17, 15) is 0 Å². The summed E-state index contributed by atoms with van der Waals surface area (Å²) in [5.41, 5.74) is 5.63. The predicted octanol–water partition coefficient (Wildman–Crippen LogP) is 1.50. The fraction of sp³-hybridized carbons (Fsp3) is 1.00. The number of hydrogen-bond donors (Lipinski definition) is 2. The lowest BCUT2D eigenvalue weighted by atomic mass is 10.1. The Bertz CT molecular complexity index is 102. The standard InChI is InChI=1S/C10H22N2/c1-2-9(7-11)8-12-10-5-3-4-6-10/h9-10,12H,2-8,11H2,1H3. The van der Waals surface area contributed by atoms with E-state index in [1.807, 2.05) is 0 Å². The molecule has 12 heavy (non-hydrogen) atoms. The van der Waals surface area contributed by atoms with Crippen molar-refractivity contribution in [1.29, 1.82) is 0 Å². The predicted molar refractivity (Wildman–Crippen MR) is 53.1 cm³/mol. The summed E-state index contributed by atoms with van der Waals surface area (Å²) >= 11 is 0. The van der Waals surface area contributed by atoms with Gasteiger partial charge < -0.3 is 11.1 Å². The molecule has 0 saturated heterocycles. The molecule has 3 N–H and O–H groups in total. The zero-order chi connectivity index (χ0) is 8.81. The van der Waals surface area contributed by atoms with Crippen LogP contribution in [0, 0.1) is 5.92 Å². The lowest BCUT2D eigenvalue weighted by Gasteiger charge is -2.17. The molecule has 0 aromatic heterocycles. The van der Waals surface area contributed by atoms with Crippen molar-refractivity contribution in [3.63, 3.8) is 0 Å². The van der Waals surface area contributed by atoms with E-state index >= 15 is 0 Å². The smallest absolute Gasteiger partial charge is 0.00671 e. The topological polar surface area (TPSA) is 38.0 Å². The van der Waals surface area contributed by atoms with Gasteiger partial charge in [-0.25, -0.2) is 0 Å². The van der Waals surface area contributed by atoms with Gasteiger partial charge in [0.05, 0.1) is 0 Å². The zero-order valence-electron chi connectivity index (χ0n) is 8.18. The van der Waals surface area contributed by atoms with E-state index in [-0.39, 0.29) is 0 Å². The lowest BCUT2D eigenvalue weighted by Crippen LogP contribution is -2.33. The summed E-state index contributed by atoms with van der Waals surface area (Å²) in [5.74, 6) is 0.686. The first-order chi connectivity index (χ1) is 5.86. The molecule has 1 rings (SSSR count). The Labute approximate surface area is 75.9 Å². The van der Waals surface area contributed by atoms with Crippen LogP contribution in [0.15, 0.2) is 0 Å². The molecule has 0 aliphatic heterocycles. The normalized spacial score (nSPS) is 21.5. The number of nitrogens with one attached hydrogen (secondary N) is 1. The second-order valence-electron chi connectivity index (χ2n) is 3.90. The highest BCUT2D eigenvalue weighted by atomic mass is 14.9. The van der Waals surface area contributed by atoms with Gasteiger partial charge in [0.1, 0.15) is 0 Å². The van der Waals surface area contributed by atoms with Crippen molar-refractivity contribution in [3.8, 4) is 0 Å². The fourth-order valence-corrected chi connectivity index (χ4v) is 1.86. The Hall–Kier alpha value is -0.0800. The molecule has 1 saturated carbocycles. The zero-order valence-corrected chi connectivity index (χ0v) is 8.18. The largest absolute Gasteiger partial charge is 0.330 e. The van der Waals surface area contributed by atoms with Crippen LogP contribution in [0.3, 0.4) is 0 Å². The van der Waals surface area contributed by atoms with Gasteiger partial charge in [0.15, 0.2) is 0 Å². The molecular weight excluding hydrogens is 148 g/mol. The Morgan fingerprint density at radius 2 is 2.08 bits per heavy atom. The highest BCUT2D eigenvalue weighted by Gasteiger charge is 2.15. The minimum atomic E-state index is 0.686. The molecule has 2 nitrogen and oxygen atoms in total. The van der Waals surface area contributed by atoms with Gasteiger partial charge in [0.2, 0.25) is 0 Å². The van der Waals surface area contributed by atoms with E-state index in [1.165, 1.54) is 32.1 Å². The molecule has 72 valence electrons. The molecule has 1 atom stereocenters. The lowest BCUT2D eigenvalue weighted by molar-refractivity contribution is 0.424. The summed E-state index contributed by atoms with van der Waals surface area (Å²) in [4.78, 5) is 0. The molecular formula is C10H22N2. The van der Waals surface area contributed by atoms with Crippen molar-refractivity contribution in [1.82, 2.24) is 5.32 Å². The summed E-state index contributed by atoms with van der Waals surface area (Å²) < 4.78 is 0. The van der Waals surface area contributed by atoms with Crippen molar-refractivity contribution in [2.24, 2.45) is 11.7 Å². The van der Waals surface area contributed by atoms with Gasteiger partial charge in [-0.15, -0.1) is 0 Å². The van der Waals surface area contributed by atoms with Crippen molar-refractivity contribution in [3.05, 3.63) is 0 Å². The average molecular weight is 170 g/mol. The first-order valence-electron chi connectivity index (χ1n) is 5.30. The Morgan fingerprint density at radius 3 is 2.58 bits per heavy atom. The molecule has 1 unspecified atom stereocenters. The SMILES string of the molecule is CCC(CN)CNC1CCCC1. The van der Waals surface area contributed by atoms with E-state index in [0.717, 1.165) is 19.1 Å². The first kappa shape index (κ1) is 10.0. The molecule has 1 aliphatic rings. The Kier molecular flexibility index (Phi) is 4.62. The average Bonchev–Trinajstić information content (AvgIpc) is 2.59. The van der Waals surface area contributed by atoms with Gasteiger partial charge in [0.25, 0.3) is 0 Å². The van der Waals surface area contributed by atoms with Crippen LogP contribution in [0.1, 0.15) is 39.0 Å². The van der Waals surface area contributed by atoms with Crippen molar-refractivity contribution < 1.29 is 0 Å². The van der Waals surface area contributed by atoms with Crippen LogP contribution >= 0.6 is 0 Å². The van der Waals surface area contributed by atoms with E-state index in [0.29, 0.717) is 5.92 Å². The van der Waals surface area contributed by atoms with Crippen molar-refractivity contribution >= 4 is 0 Å². The third kappa shape index (κ3) is 3.11. The number of nitrogens with two attached hydrogens (primary N) is 1. The van der Waals surface area contributed by atoms with E-state index in [2.05, 4.69) is 12.2 Å². The highest BCUT2D eigenvalue weighted by Crippen LogP contribution is 2.17. The quantitative estimate of drug-likeness (QED) is 0.656. The van der Waals surface area contributed by atoms with Crippen LogP contribution in [-0.2, 0) is 0 Å². The van der Waals surface area contributed by atoms with Crippen molar-refractivity contribution in [2.45, 2.75) is 45.1 Å². The van der Waals surface area contributed by atoms with Crippen LogP contribution in [-0.4, -0.2) is 19.1 Å². The van der Waals surface area contributed by atoms with E-state index in [4.69, 9.17) is 5.73 Å². The highest BCUT2D eigenvalue weighted by molar-refractivity contribution is 4.75. The van der Waals surface area contributed by atoms with Gasteiger partial charge >= 0.3 is 0 Å². The van der Waals surface area contributed by atoms with E-state index < -0.39 is 0 Å². The molecule has 2 heteroatoms. The minimum Gasteiger partial charge on any atom is -0.330 e. The fourth-order valence-electron chi connectivity index (χ4n) is 1.86. The summed E-state index contributed by atoms with van der Waals surface area (Å²) in [6, 6.07) is 0.797. The molecule has 1 fully saturated rings. The van der Waals surface area contributed by atoms with Gasteiger partial charge in [-0.2, -0.15) is 0 Å². The van der Waals surface area contributed by atoms with Crippen LogP contribution in [0.5, 0.6) is 0 Å². The third-order valence-corrected chi connectivity index (χ3v) is 2.96. The second kappa shape index (κ2) is 5.55. The molecule has 0 bridgehead atoms. The Balaban J connectivity index is 2.06. The summed E-state index contributed by atoms with van der Waals surface area (Å²) in [7, 11) is 0. The van der Waals surface area contributed by atoms with Crippen LogP contribution in [0.25, 0.3) is 0 Å². The summed E-state index contributed by atoms with van der Waals surface area (Å²) in [5, 5.41) is 3.60. The van der Waals surface area contributed by atoms with Crippen LogP contribution < -0.4 is 11.1 Å². The van der Waals surface area contributed by atoms with Gasteiger partial charge in [-0.05, 0) is 31.8 Å². The first-order valence-corrected chi connectivity index (χ1v) is 5.30. The van der Waals surface area contributed by atoms with Crippen LogP contribution in [0.4, 0.5) is 0 Å². The summed E-state index contributed by atoms with van der Waals surface area (Å²) in [6.45, 7) is 4.17. The Morgan fingerprint density at radius 1 is 1.42 bits per heavy atom. The number of hydrogen-bond acceptors (Lipinski definition) is 2. The second-order valence-corrected chi connectivity index (χ2v) is 3.90. The molecule has 0 radical (unpaired) electrons. The van der Waals surface area contributed by atoms with E-state index in [1.54, 1.807) is 0 Å². The molecule has 0 aromatic carbocycles. The van der Waals surface area contributed by atoms with Crippen LogP contribution in [0.2, 0.25) is 0 Å². The van der Waals surface area contributed by atoms with Gasteiger partial charge in [-0.3, -0.25) is 0 Å². The number of rotatable bonds is 5. The van der Waals surface area contributed by atoms with Gasteiger partial charge in [0, 0.05) is 6.04 Å². The maximum absolute atomic E-state index is 5.63. The maximum Gasteiger partial charge on any atom is 0.00671 e. The minimum absolute atomic E-state index is 0.686. The van der Waals surface area contributed by atoms with Gasteiger partial charge in [-0.1, -0.05) is 26.2 Å². The molecule has 0 heterocycles. The van der Waals surface area contributed by atoms with Crippen molar-refractivity contribution in [2.75, 3.05) is 13.1 Å². The molecule has 0 aromatic rings. The molecule has 0 spiro atoms. The molecule has 0 amide bonds. The monoisotopic (exact) mass is 170 g/mol. The maximum atomic E-state index is 5.63. The third-order valence-electron chi connectivity index (χ3n) is 2.96. The summed E-state index contributed by atoms with van der Waals surface area (Å²) in [6.07, 6.45) is 6.78. The molecule has 1 aliphatic carbocycles.